The molecule has 3 rings (SSSR count). The summed E-state index contributed by atoms with van der Waals surface area (Å²) in [5.41, 5.74) is 2.39. The smallest absolute Gasteiger partial charge is 0.124 e. The van der Waals surface area contributed by atoms with Crippen LogP contribution < -0.4 is 5.32 Å². The van der Waals surface area contributed by atoms with Gasteiger partial charge in [0.25, 0.3) is 0 Å². The fraction of sp³-hybridized carbons (Fsp3) is 0. The van der Waals surface area contributed by atoms with E-state index in [-0.39, 0.29) is 5.82 Å². The van der Waals surface area contributed by atoms with Crippen molar-refractivity contribution in [3.8, 4) is 0 Å². The fourth-order valence-corrected chi connectivity index (χ4v) is 2.14. The van der Waals surface area contributed by atoms with Crippen LogP contribution in [0.25, 0.3) is 10.9 Å². The summed E-state index contributed by atoms with van der Waals surface area (Å²) in [6.07, 6.45) is 1.69. The Labute approximate surface area is 114 Å². The molecule has 1 heterocycles. The molecule has 0 radical (unpaired) electrons. The van der Waals surface area contributed by atoms with E-state index in [9.17, 15) is 4.39 Å². The van der Waals surface area contributed by atoms with Crippen LogP contribution in [0.15, 0.2) is 54.7 Å². The van der Waals surface area contributed by atoms with Gasteiger partial charge in [-0.15, -0.1) is 0 Å². The topological polar surface area (TPSA) is 24.9 Å². The van der Waals surface area contributed by atoms with Crippen LogP contribution in [-0.2, 0) is 0 Å². The number of nitrogens with zero attached hydrogens (tertiary/aromatic N) is 1. The number of hydrogen-bond donors (Lipinski definition) is 1. The lowest BCUT2D eigenvalue weighted by molar-refractivity contribution is 0.629. The molecular weight excluding hydrogens is 263 g/mol. The van der Waals surface area contributed by atoms with Gasteiger partial charge in [0.15, 0.2) is 0 Å². The van der Waals surface area contributed by atoms with Crippen molar-refractivity contribution < 1.29 is 4.39 Å². The van der Waals surface area contributed by atoms with Gasteiger partial charge in [-0.2, -0.15) is 0 Å². The second-order valence-electron chi connectivity index (χ2n) is 4.16. The Balaban J connectivity index is 2.07. The zero-order chi connectivity index (χ0) is 13.2. The lowest BCUT2D eigenvalue weighted by atomic mass is 10.1. The highest BCUT2D eigenvalue weighted by Crippen LogP contribution is 2.26. The first-order valence-corrected chi connectivity index (χ1v) is 6.17. The summed E-state index contributed by atoms with van der Waals surface area (Å²) in [4.78, 5) is 4.21. The molecule has 3 aromatic rings. The van der Waals surface area contributed by atoms with E-state index in [4.69, 9.17) is 11.6 Å². The van der Waals surface area contributed by atoms with E-state index in [0.29, 0.717) is 5.02 Å². The molecule has 2 aromatic carbocycles. The predicted octanol–water partition coefficient (Wildman–Crippen LogP) is 4.77. The maximum absolute atomic E-state index is 13.3. The van der Waals surface area contributed by atoms with Crippen LogP contribution in [0, 0.1) is 5.82 Å². The zero-order valence-electron chi connectivity index (χ0n) is 9.90. The predicted molar refractivity (Wildman–Crippen MR) is 76.4 cm³/mol. The molecule has 0 saturated carbocycles. The minimum Gasteiger partial charge on any atom is -0.355 e. The first-order valence-electron chi connectivity index (χ1n) is 5.79. The summed E-state index contributed by atoms with van der Waals surface area (Å²) in [7, 11) is 0. The number of fused-ring (bicyclic) bond motifs is 1. The molecule has 0 unspecified atom stereocenters. The Kier molecular flexibility index (Phi) is 3.05. The molecule has 0 saturated heterocycles. The molecule has 0 aliphatic carbocycles. The first-order chi connectivity index (χ1) is 9.22. The second-order valence-corrected chi connectivity index (χ2v) is 4.59. The van der Waals surface area contributed by atoms with E-state index in [2.05, 4.69) is 10.3 Å². The van der Waals surface area contributed by atoms with E-state index < -0.39 is 0 Å². The standard InChI is InChI=1S/C15H10ClFN2/c16-10-2-1-3-12(8-10)19-15-6-7-18-14-5-4-11(17)9-13(14)15/h1-9H,(H,18,19). The molecule has 0 fully saturated rings. The van der Waals surface area contributed by atoms with E-state index in [1.54, 1.807) is 18.3 Å². The van der Waals surface area contributed by atoms with Crippen molar-refractivity contribution in [3.63, 3.8) is 0 Å². The van der Waals surface area contributed by atoms with Gasteiger partial charge in [-0.25, -0.2) is 4.39 Å². The van der Waals surface area contributed by atoms with Gasteiger partial charge in [-0.1, -0.05) is 17.7 Å². The van der Waals surface area contributed by atoms with Crippen molar-refractivity contribution in [3.05, 3.63) is 65.6 Å². The lowest BCUT2D eigenvalue weighted by Gasteiger charge is -2.09. The Morgan fingerprint density at radius 3 is 2.79 bits per heavy atom. The molecule has 4 heteroatoms. The molecule has 1 aromatic heterocycles. The molecule has 0 spiro atoms. The highest BCUT2D eigenvalue weighted by molar-refractivity contribution is 6.30. The molecular formula is C15H10ClFN2. The van der Waals surface area contributed by atoms with Crippen molar-refractivity contribution in [1.29, 1.82) is 0 Å². The molecule has 0 amide bonds. The molecule has 19 heavy (non-hydrogen) atoms. The third-order valence-electron chi connectivity index (χ3n) is 2.81. The van der Waals surface area contributed by atoms with E-state index in [0.717, 1.165) is 22.3 Å². The number of nitrogens with one attached hydrogen (secondary N) is 1. The Morgan fingerprint density at radius 1 is 1.05 bits per heavy atom. The first kappa shape index (κ1) is 11.9. The fourth-order valence-electron chi connectivity index (χ4n) is 1.95. The number of pyridine rings is 1. The van der Waals surface area contributed by atoms with Crippen LogP contribution in [0.4, 0.5) is 15.8 Å². The molecule has 94 valence electrons. The van der Waals surface area contributed by atoms with Gasteiger partial charge in [-0.3, -0.25) is 4.98 Å². The van der Waals surface area contributed by atoms with Gasteiger partial charge in [0, 0.05) is 28.0 Å². The third-order valence-corrected chi connectivity index (χ3v) is 3.04. The van der Waals surface area contributed by atoms with Crippen LogP contribution >= 0.6 is 11.6 Å². The minimum atomic E-state index is -0.283. The largest absolute Gasteiger partial charge is 0.355 e. The average Bonchev–Trinajstić information content (AvgIpc) is 2.39. The van der Waals surface area contributed by atoms with Crippen LogP contribution in [0.1, 0.15) is 0 Å². The number of benzene rings is 2. The SMILES string of the molecule is Fc1ccc2nccc(Nc3cccc(Cl)c3)c2c1. The second kappa shape index (κ2) is 4.86. The summed E-state index contributed by atoms with van der Waals surface area (Å²) in [5, 5.41) is 4.61. The monoisotopic (exact) mass is 272 g/mol. The van der Waals surface area contributed by atoms with Gasteiger partial charge >= 0.3 is 0 Å². The van der Waals surface area contributed by atoms with Crippen LogP contribution in [-0.4, -0.2) is 4.98 Å². The summed E-state index contributed by atoms with van der Waals surface area (Å²) in [6.45, 7) is 0. The van der Waals surface area contributed by atoms with Gasteiger partial charge in [-0.05, 0) is 42.5 Å². The highest BCUT2D eigenvalue weighted by Gasteiger charge is 2.04. The molecule has 1 N–H and O–H groups in total. The van der Waals surface area contributed by atoms with Gasteiger partial charge < -0.3 is 5.32 Å². The summed E-state index contributed by atoms with van der Waals surface area (Å²) < 4.78 is 13.3. The van der Waals surface area contributed by atoms with Crippen LogP contribution in [0.2, 0.25) is 5.02 Å². The lowest BCUT2D eigenvalue weighted by Crippen LogP contribution is -1.93. The minimum absolute atomic E-state index is 0.283. The average molecular weight is 273 g/mol. The van der Waals surface area contributed by atoms with E-state index in [1.807, 2.05) is 24.3 Å². The normalized spacial score (nSPS) is 10.6. The number of aromatic nitrogens is 1. The highest BCUT2D eigenvalue weighted by atomic mass is 35.5. The maximum atomic E-state index is 13.3. The van der Waals surface area contributed by atoms with Crippen LogP contribution in [0.5, 0.6) is 0 Å². The molecule has 0 atom stereocenters. The Morgan fingerprint density at radius 2 is 1.95 bits per heavy atom. The van der Waals surface area contributed by atoms with Crippen LogP contribution in [0.3, 0.4) is 0 Å². The Bertz CT molecular complexity index is 743. The van der Waals surface area contributed by atoms with Crippen molar-refractivity contribution >= 4 is 33.9 Å². The number of hydrogen-bond acceptors (Lipinski definition) is 2. The van der Waals surface area contributed by atoms with Crippen molar-refractivity contribution in [2.24, 2.45) is 0 Å². The molecule has 0 aliphatic rings. The maximum Gasteiger partial charge on any atom is 0.124 e. The van der Waals surface area contributed by atoms with Crippen molar-refractivity contribution in [2.45, 2.75) is 0 Å². The summed E-state index contributed by atoms with van der Waals surface area (Å²) >= 11 is 5.94. The number of halogens is 2. The molecule has 0 aliphatic heterocycles. The third kappa shape index (κ3) is 2.51. The van der Waals surface area contributed by atoms with Crippen molar-refractivity contribution in [2.75, 3.05) is 5.32 Å². The van der Waals surface area contributed by atoms with E-state index in [1.165, 1.54) is 12.1 Å². The van der Waals surface area contributed by atoms with Gasteiger partial charge in [0.05, 0.1) is 5.52 Å². The summed E-state index contributed by atoms with van der Waals surface area (Å²) in [6, 6.07) is 13.7. The summed E-state index contributed by atoms with van der Waals surface area (Å²) in [5.74, 6) is -0.283. The van der Waals surface area contributed by atoms with Crippen molar-refractivity contribution in [1.82, 2.24) is 4.98 Å². The van der Waals surface area contributed by atoms with E-state index >= 15 is 0 Å². The number of anilines is 2. The van der Waals surface area contributed by atoms with Gasteiger partial charge in [0.1, 0.15) is 5.82 Å². The van der Waals surface area contributed by atoms with Gasteiger partial charge in [0.2, 0.25) is 0 Å². The molecule has 2 nitrogen and oxygen atoms in total. The Hall–Kier alpha value is -2.13. The molecule has 0 bridgehead atoms. The zero-order valence-corrected chi connectivity index (χ0v) is 10.7. The number of rotatable bonds is 2. The quantitative estimate of drug-likeness (QED) is 0.727.